The van der Waals surface area contributed by atoms with Gasteiger partial charge in [0.2, 0.25) is 0 Å². The lowest BCUT2D eigenvalue weighted by molar-refractivity contribution is -0.0328. The van der Waals surface area contributed by atoms with E-state index >= 15 is 0 Å². The molecule has 1 fully saturated rings. The van der Waals surface area contributed by atoms with Crippen LogP contribution in [0, 0.1) is 0 Å². The summed E-state index contributed by atoms with van der Waals surface area (Å²) < 4.78 is 42.3. The number of thioether (sulfide) groups is 1. The van der Waals surface area contributed by atoms with Gasteiger partial charge in [-0.05, 0) is 69.6 Å². The molecule has 0 radical (unpaired) electrons. The molecule has 1 aromatic rings. The smallest absolute Gasteiger partial charge is 0.444 e. The molecule has 1 aromatic carbocycles. The minimum atomic E-state index is -4.36. The summed E-state index contributed by atoms with van der Waals surface area (Å²) in [5.74, 6) is -0.339. The molecule has 1 saturated heterocycles. The topological polar surface area (TPSA) is 58.6 Å². The zero-order chi connectivity index (χ0) is 20.2. The van der Waals surface area contributed by atoms with E-state index in [9.17, 15) is 22.8 Å². The summed E-state index contributed by atoms with van der Waals surface area (Å²) >= 11 is -0.218. The molecule has 1 aliphatic heterocycles. The largest absolute Gasteiger partial charge is 0.446 e. The number of benzene rings is 1. The third-order valence-corrected chi connectivity index (χ3v) is 4.57. The molecule has 2 amide bonds. The summed E-state index contributed by atoms with van der Waals surface area (Å²) in [6.07, 6.45) is 0.810. The first-order chi connectivity index (χ1) is 12.4. The fourth-order valence-corrected chi connectivity index (χ4v) is 3.15. The van der Waals surface area contributed by atoms with E-state index < -0.39 is 11.1 Å². The summed E-state index contributed by atoms with van der Waals surface area (Å²) in [6, 6.07) is 5.20. The second-order valence-corrected chi connectivity index (χ2v) is 8.43. The molecule has 2 rings (SSSR count). The quantitative estimate of drug-likeness (QED) is 0.758. The predicted molar refractivity (Wildman–Crippen MR) is 96.6 cm³/mol. The van der Waals surface area contributed by atoms with Crippen molar-refractivity contribution in [2.75, 3.05) is 13.1 Å². The highest BCUT2D eigenvalue weighted by Gasteiger charge is 2.30. The predicted octanol–water partition coefficient (Wildman–Crippen LogP) is 4.43. The standard InChI is InChI=1S/C18H23F3N2O3S/c1-17(2,3)26-16(25)23-10-8-13(9-11-23)22-15(24)12-4-6-14(7-5-12)27-18(19,20)21/h4-7,13H,8-11H2,1-3H3,(H,22,24). The molecule has 27 heavy (non-hydrogen) atoms. The van der Waals surface area contributed by atoms with Crippen molar-refractivity contribution in [2.45, 2.75) is 55.7 Å². The minimum Gasteiger partial charge on any atom is -0.444 e. The van der Waals surface area contributed by atoms with Gasteiger partial charge in [0.25, 0.3) is 5.91 Å². The Balaban J connectivity index is 1.83. The Morgan fingerprint density at radius 3 is 2.15 bits per heavy atom. The van der Waals surface area contributed by atoms with Gasteiger partial charge in [0.15, 0.2) is 0 Å². The number of rotatable bonds is 3. The van der Waals surface area contributed by atoms with Crippen LogP contribution in [0.4, 0.5) is 18.0 Å². The molecule has 5 nitrogen and oxygen atoms in total. The monoisotopic (exact) mass is 404 g/mol. The van der Waals surface area contributed by atoms with Crippen LogP contribution < -0.4 is 5.32 Å². The summed E-state index contributed by atoms with van der Waals surface area (Å²) in [7, 11) is 0. The fraction of sp³-hybridized carbons (Fsp3) is 0.556. The molecule has 1 N–H and O–H groups in total. The van der Waals surface area contributed by atoms with Crippen LogP contribution in [0.25, 0.3) is 0 Å². The fourth-order valence-electron chi connectivity index (χ4n) is 2.61. The molecule has 1 aliphatic rings. The van der Waals surface area contributed by atoms with Crippen LogP contribution in [0.15, 0.2) is 29.2 Å². The van der Waals surface area contributed by atoms with Crippen molar-refractivity contribution in [3.8, 4) is 0 Å². The first-order valence-electron chi connectivity index (χ1n) is 8.57. The van der Waals surface area contributed by atoms with Gasteiger partial charge in [0, 0.05) is 29.6 Å². The maximum atomic E-state index is 12.3. The second-order valence-electron chi connectivity index (χ2n) is 7.29. The third-order valence-electron chi connectivity index (χ3n) is 3.83. The highest BCUT2D eigenvalue weighted by molar-refractivity contribution is 8.00. The summed E-state index contributed by atoms with van der Waals surface area (Å²) in [4.78, 5) is 25.9. The van der Waals surface area contributed by atoms with Crippen molar-refractivity contribution in [1.29, 1.82) is 0 Å². The number of nitrogens with zero attached hydrogens (tertiary/aromatic N) is 1. The Morgan fingerprint density at radius 1 is 1.11 bits per heavy atom. The van der Waals surface area contributed by atoms with Gasteiger partial charge in [-0.3, -0.25) is 4.79 Å². The molecule has 9 heteroatoms. The molecular formula is C18H23F3N2O3S. The number of piperidine rings is 1. The molecule has 0 bridgehead atoms. The molecule has 0 saturated carbocycles. The number of alkyl halides is 3. The number of likely N-dealkylation sites (tertiary alicyclic amines) is 1. The van der Waals surface area contributed by atoms with E-state index in [-0.39, 0.29) is 34.7 Å². The molecular weight excluding hydrogens is 381 g/mol. The number of carbonyl (C=O) groups is 2. The van der Waals surface area contributed by atoms with Gasteiger partial charge >= 0.3 is 11.6 Å². The molecule has 150 valence electrons. The summed E-state index contributed by atoms with van der Waals surface area (Å²) in [5.41, 5.74) is -4.61. The zero-order valence-corrected chi connectivity index (χ0v) is 16.2. The number of hydrogen-bond donors (Lipinski definition) is 1. The van der Waals surface area contributed by atoms with E-state index in [1.807, 2.05) is 0 Å². The van der Waals surface area contributed by atoms with Crippen LogP contribution in [0.1, 0.15) is 44.0 Å². The van der Waals surface area contributed by atoms with Gasteiger partial charge in [-0.1, -0.05) is 0 Å². The average molecular weight is 404 g/mol. The van der Waals surface area contributed by atoms with Crippen LogP contribution in [0.3, 0.4) is 0 Å². The van der Waals surface area contributed by atoms with E-state index in [0.717, 1.165) is 0 Å². The Morgan fingerprint density at radius 2 is 1.67 bits per heavy atom. The number of ether oxygens (including phenoxy) is 1. The third kappa shape index (κ3) is 7.32. The minimum absolute atomic E-state index is 0.0321. The number of nitrogens with one attached hydrogen (secondary N) is 1. The van der Waals surface area contributed by atoms with Crippen LogP contribution in [0.2, 0.25) is 0 Å². The number of carbonyl (C=O) groups excluding carboxylic acids is 2. The van der Waals surface area contributed by atoms with Crippen molar-refractivity contribution < 1.29 is 27.5 Å². The van der Waals surface area contributed by atoms with Gasteiger partial charge < -0.3 is 15.0 Å². The SMILES string of the molecule is CC(C)(C)OC(=O)N1CCC(NC(=O)c2ccc(SC(F)(F)F)cc2)CC1. The van der Waals surface area contributed by atoms with Gasteiger partial charge in [0.05, 0.1) is 0 Å². The van der Waals surface area contributed by atoms with Gasteiger partial charge in [-0.2, -0.15) is 13.2 Å². The molecule has 0 unspecified atom stereocenters. The van der Waals surface area contributed by atoms with Crippen LogP contribution in [-0.4, -0.2) is 47.1 Å². The average Bonchev–Trinajstić information content (AvgIpc) is 2.53. The van der Waals surface area contributed by atoms with Crippen LogP contribution >= 0.6 is 11.8 Å². The Labute approximate surface area is 160 Å². The lowest BCUT2D eigenvalue weighted by Crippen LogP contribution is -2.47. The van der Waals surface area contributed by atoms with Crippen LogP contribution in [-0.2, 0) is 4.74 Å². The first-order valence-corrected chi connectivity index (χ1v) is 9.39. The molecule has 0 spiro atoms. The van der Waals surface area contributed by atoms with E-state index in [0.29, 0.717) is 31.5 Å². The van der Waals surface area contributed by atoms with Crippen molar-refractivity contribution in [1.82, 2.24) is 10.2 Å². The first kappa shape index (κ1) is 21.4. The molecule has 0 aromatic heterocycles. The van der Waals surface area contributed by atoms with Gasteiger partial charge in [-0.15, -0.1) is 0 Å². The lowest BCUT2D eigenvalue weighted by atomic mass is 10.0. The Bertz CT molecular complexity index is 664. The van der Waals surface area contributed by atoms with Crippen molar-refractivity contribution in [2.24, 2.45) is 0 Å². The Kier molecular flexibility index (Phi) is 6.67. The summed E-state index contributed by atoms with van der Waals surface area (Å²) in [5, 5.41) is 2.86. The van der Waals surface area contributed by atoms with Crippen molar-refractivity contribution in [3.05, 3.63) is 29.8 Å². The molecule has 1 heterocycles. The van der Waals surface area contributed by atoms with Gasteiger partial charge in [0.1, 0.15) is 5.60 Å². The van der Waals surface area contributed by atoms with Crippen molar-refractivity contribution >= 4 is 23.8 Å². The highest BCUT2D eigenvalue weighted by atomic mass is 32.2. The van der Waals surface area contributed by atoms with E-state index in [4.69, 9.17) is 4.74 Å². The highest BCUT2D eigenvalue weighted by Crippen LogP contribution is 2.36. The number of halogens is 3. The second kappa shape index (κ2) is 8.41. The van der Waals surface area contributed by atoms with E-state index in [2.05, 4.69) is 5.32 Å². The normalized spacial score (nSPS) is 16.1. The van der Waals surface area contributed by atoms with Gasteiger partial charge in [-0.25, -0.2) is 4.79 Å². The maximum Gasteiger partial charge on any atom is 0.446 e. The lowest BCUT2D eigenvalue weighted by Gasteiger charge is -2.33. The number of amides is 2. The zero-order valence-electron chi connectivity index (χ0n) is 15.4. The van der Waals surface area contributed by atoms with E-state index in [1.165, 1.54) is 24.3 Å². The van der Waals surface area contributed by atoms with E-state index in [1.54, 1.807) is 25.7 Å². The number of hydrogen-bond acceptors (Lipinski definition) is 4. The molecule has 0 aliphatic carbocycles. The maximum absolute atomic E-state index is 12.3. The summed E-state index contributed by atoms with van der Waals surface area (Å²) in [6.45, 7) is 6.35. The Hall–Kier alpha value is -1.90. The van der Waals surface area contributed by atoms with Crippen molar-refractivity contribution in [3.63, 3.8) is 0 Å². The van der Waals surface area contributed by atoms with Crippen LogP contribution in [0.5, 0.6) is 0 Å². The molecule has 0 atom stereocenters.